The Balaban J connectivity index is 1.57. The molecule has 9 heteroatoms. The molecule has 180 valence electrons. The van der Waals surface area contributed by atoms with E-state index in [0.29, 0.717) is 5.56 Å². The lowest BCUT2D eigenvalue weighted by atomic mass is 9.81. The quantitative estimate of drug-likeness (QED) is 0.261. The zero-order valence-electron chi connectivity index (χ0n) is 19.2. The van der Waals surface area contributed by atoms with Crippen molar-refractivity contribution in [2.75, 3.05) is 0 Å². The van der Waals surface area contributed by atoms with Crippen molar-refractivity contribution < 1.29 is 24.1 Å². The Morgan fingerprint density at radius 1 is 0.971 bits per heavy atom. The first kappa shape index (κ1) is 22.9. The zero-order valence-corrected chi connectivity index (χ0v) is 19.2. The standard InChI is InChI=1S/C26H25N3O6/c1-2-20(23(30)15-6-4-3-5-7-15)27(24(31)16-10-12-19(13-11-16)29(34)35)28-25(32)21-17-8-9-18(14-17)22(21)26(28)33/h3-7,10-13,17-18,20-22H,2,8-9,14H2,1H3/t17-,18-,20-,21-,22+/m0/s1. The summed E-state index contributed by atoms with van der Waals surface area (Å²) in [6.45, 7) is 1.72. The summed E-state index contributed by atoms with van der Waals surface area (Å²) in [7, 11) is 0. The van der Waals surface area contributed by atoms with Gasteiger partial charge in [0.25, 0.3) is 23.4 Å². The summed E-state index contributed by atoms with van der Waals surface area (Å²) in [5, 5.41) is 13.0. The molecule has 0 unspecified atom stereocenters. The Kier molecular flexibility index (Phi) is 5.70. The van der Waals surface area contributed by atoms with Crippen molar-refractivity contribution in [1.82, 2.24) is 10.0 Å². The summed E-state index contributed by atoms with van der Waals surface area (Å²) in [5.74, 6) is -2.64. The molecule has 3 fully saturated rings. The first-order valence-corrected chi connectivity index (χ1v) is 11.9. The minimum absolute atomic E-state index is 0.0514. The maximum atomic E-state index is 13.8. The Morgan fingerprint density at radius 3 is 2.06 bits per heavy atom. The van der Waals surface area contributed by atoms with Crippen LogP contribution in [0.4, 0.5) is 5.69 Å². The number of nitro benzene ring substituents is 1. The van der Waals surface area contributed by atoms with Gasteiger partial charge in [0.2, 0.25) is 0 Å². The van der Waals surface area contributed by atoms with Crippen LogP contribution in [0.2, 0.25) is 0 Å². The summed E-state index contributed by atoms with van der Waals surface area (Å²) in [6.07, 6.45) is 2.78. The third-order valence-electron chi connectivity index (χ3n) is 7.70. The van der Waals surface area contributed by atoms with Crippen LogP contribution in [0.5, 0.6) is 0 Å². The molecule has 2 saturated carbocycles. The average molecular weight is 476 g/mol. The lowest BCUT2D eigenvalue weighted by Crippen LogP contribution is -2.57. The Hall–Kier alpha value is -3.88. The predicted molar refractivity (Wildman–Crippen MR) is 124 cm³/mol. The van der Waals surface area contributed by atoms with E-state index in [-0.39, 0.29) is 35.3 Å². The van der Waals surface area contributed by atoms with Gasteiger partial charge in [-0.25, -0.2) is 5.01 Å². The van der Waals surface area contributed by atoms with Crippen molar-refractivity contribution in [1.29, 1.82) is 0 Å². The molecule has 35 heavy (non-hydrogen) atoms. The van der Waals surface area contributed by atoms with Gasteiger partial charge in [0.05, 0.1) is 16.8 Å². The maximum absolute atomic E-state index is 13.8. The number of hydrogen-bond acceptors (Lipinski definition) is 6. The van der Waals surface area contributed by atoms with Crippen LogP contribution in [0, 0.1) is 33.8 Å². The first-order valence-electron chi connectivity index (χ1n) is 11.9. The second kappa shape index (κ2) is 8.72. The van der Waals surface area contributed by atoms with E-state index in [1.807, 2.05) is 0 Å². The van der Waals surface area contributed by atoms with Crippen molar-refractivity contribution in [2.45, 2.75) is 38.6 Å². The predicted octanol–water partition coefficient (Wildman–Crippen LogP) is 3.64. The number of amides is 3. The summed E-state index contributed by atoms with van der Waals surface area (Å²) in [5.41, 5.74) is 0.218. The van der Waals surface area contributed by atoms with Gasteiger partial charge in [0.1, 0.15) is 6.04 Å². The van der Waals surface area contributed by atoms with Crippen molar-refractivity contribution in [3.05, 3.63) is 75.8 Å². The number of imide groups is 1. The highest BCUT2D eigenvalue weighted by Crippen LogP contribution is 2.56. The molecular weight excluding hydrogens is 450 g/mol. The van der Waals surface area contributed by atoms with Gasteiger partial charge < -0.3 is 0 Å². The van der Waals surface area contributed by atoms with Gasteiger partial charge in [-0.15, -0.1) is 0 Å². The van der Waals surface area contributed by atoms with Crippen LogP contribution in [0.3, 0.4) is 0 Å². The van der Waals surface area contributed by atoms with Crippen LogP contribution in [-0.4, -0.2) is 44.5 Å². The third kappa shape index (κ3) is 3.62. The lowest BCUT2D eigenvalue weighted by Gasteiger charge is -2.36. The number of hydrogen-bond donors (Lipinski definition) is 0. The largest absolute Gasteiger partial charge is 0.292 e. The van der Waals surface area contributed by atoms with Crippen LogP contribution < -0.4 is 0 Å². The van der Waals surface area contributed by atoms with Crippen LogP contribution in [0.1, 0.15) is 53.3 Å². The third-order valence-corrected chi connectivity index (χ3v) is 7.70. The molecule has 9 nitrogen and oxygen atoms in total. The van der Waals surface area contributed by atoms with E-state index < -0.39 is 40.5 Å². The van der Waals surface area contributed by atoms with Crippen LogP contribution in [-0.2, 0) is 9.59 Å². The zero-order chi connectivity index (χ0) is 24.9. The summed E-state index contributed by atoms with van der Waals surface area (Å²) in [6, 6.07) is 12.3. The number of carbonyl (C=O) groups excluding carboxylic acids is 4. The van der Waals surface area contributed by atoms with Gasteiger partial charge in [-0.05, 0) is 49.7 Å². The lowest BCUT2D eigenvalue weighted by molar-refractivity contribution is -0.384. The van der Waals surface area contributed by atoms with Crippen LogP contribution >= 0.6 is 0 Å². The number of benzene rings is 2. The van der Waals surface area contributed by atoms with Crippen LogP contribution in [0.15, 0.2) is 54.6 Å². The number of carbonyl (C=O) groups is 4. The molecule has 3 aliphatic rings. The molecule has 5 atom stereocenters. The van der Waals surface area contributed by atoms with E-state index in [2.05, 4.69) is 0 Å². The normalized spacial score (nSPS) is 25.5. The molecule has 1 heterocycles. The van der Waals surface area contributed by atoms with Gasteiger partial charge in [-0.1, -0.05) is 37.3 Å². The highest BCUT2D eigenvalue weighted by atomic mass is 16.6. The van der Waals surface area contributed by atoms with Gasteiger partial charge in [0.15, 0.2) is 5.78 Å². The highest BCUT2D eigenvalue weighted by molar-refractivity contribution is 6.11. The van der Waals surface area contributed by atoms with E-state index in [0.717, 1.165) is 29.3 Å². The smallest absolute Gasteiger partial charge is 0.273 e. The highest BCUT2D eigenvalue weighted by Gasteiger charge is 2.63. The van der Waals surface area contributed by atoms with Crippen molar-refractivity contribution in [2.24, 2.45) is 23.7 Å². The van der Waals surface area contributed by atoms with E-state index in [4.69, 9.17) is 0 Å². The summed E-state index contributed by atoms with van der Waals surface area (Å²) >= 11 is 0. The SMILES string of the molecule is CC[C@@H](C(=O)c1ccccc1)N(C(=O)c1ccc([N+](=O)[O-])cc1)N1C(=O)[C@@H]2[C@H]3CC[C@@H](C3)[C@@H]2C1=O. The molecule has 5 rings (SSSR count). The number of fused-ring (bicyclic) bond motifs is 5. The van der Waals surface area contributed by atoms with Gasteiger partial charge >= 0.3 is 0 Å². The minimum Gasteiger partial charge on any atom is -0.292 e. The molecule has 0 aromatic heterocycles. The fourth-order valence-corrected chi connectivity index (χ4v) is 6.10. The topological polar surface area (TPSA) is 118 Å². The number of hydrazine groups is 1. The van der Waals surface area contributed by atoms with E-state index in [1.165, 1.54) is 24.3 Å². The molecule has 2 bridgehead atoms. The molecular formula is C26H25N3O6. The molecule has 3 amide bonds. The van der Waals surface area contributed by atoms with Gasteiger partial charge in [0, 0.05) is 23.3 Å². The number of ketones is 1. The van der Waals surface area contributed by atoms with Gasteiger partial charge in [-0.2, -0.15) is 5.01 Å². The summed E-state index contributed by atoms with van der Waals surface area (Å²) < 4.78 is 0. The molecule has 2 aliphatic carbocycles. The van der Waals surface area contributed by atoms with Crippen molar-refractivity contribution in [3.63, 3.8) is 0 Å². The number of nitrogens with zero attached hydrogens (tertiary/aromatic N) is 3. The van der Waals surface area contributed by atoms with E-state index >= 15 is 0 Å². The van der Waals surface area contributed by atoms with Crippen LogP contribution in [0.25, 0.3) is 0 Å². The Morgan fingerprint density at radius 2 is 1.54 bits per heavy atom. The Bertz CT molecular complexity index is 1180. The molecule has 2 aromatic carbocycles. The molecule has 1 saturated heterocycles. The first-order chi connectivity index (χ1) is 16.8. The number of non-ortho nitro benzene ring substituents is 1. The maximum Gasteiger partial charge on any atom is 0.273 e. The van der Waals surface area contributed by atoms with Gasteiger partial charge in [-0.3, -0.25) is 29.3 Å². The van der Waals surface area contributed by atoms with Crippen molar-refractivity contribution in [3.8, 4) is 0 Å². The second-order valence-corrected chi connectivity index (χ2v) is 9.48. The summed E-state index contributed by atoms with van der Waals surface area (Å²) in [4.78, 5) is 65.0. The van der Waals surface area contributed by atoms with E-state index in [1.54, 1.807) is 37.3 Å². The molecule has 2 aromatic rings. The minimum atomic E-state index is -1.09. The fraction of sp³-hybridized carbons (Fsp3) is 0.385. The Labute approximate surface area is 201 Å². The monoisotopic (exact) mass is 475 g/mol. The fourth-order valence-electron chi connectivity index (χ4n) is 6.10. The number of nitro groups is 1. The molecule has 0 radical (unpaired) electrons. The average Bonchev–Trinajstić information content (AvgIpc) is 3.56. The number of rotatable bonds is 7. The number of Topliss-reactive ketones (excluding diaryl/α,β-unsaturated/α-hetero) is 1. The van der Waals surface area contributed by atoms with E-state index in [9.17, 15) is 29.3 Å². The molecule has 0 spiro atoms. The van der Waals surface area contributed by atoms with Crippen molar-refractivity contribution >= 4 is 29.2 Å². The molecule has 1 aliphatic heterocycles. The molecule has 0 N–H and O–H groups in total. The second-order valence-electron chi connectivity index (χ2n) is 9.48.